The minimum atomic E-state index is -0.331. The molecule has 188 valence electrons. The summed E-state index contributed by atoms with van der Waals surface area (Å²) in [5, 5.41) is 10.6. The minimum Gasteiger partial charge on any atom is -0.489 e. The van der Waals surface area contributed by atoms with Crippen molar-refractivity contribution in [2.24, 2.45) is 0 Å². The SMILES string of the molecule is N#Cc1cc(-c2c(F)ccc3[nH]c(-c4ccc(N5CCOCC5)cc4)cc23)ccc1OC1CCOCC1. The van der Waals surface area contributed by atoms with Crippen molar-refractivity contribution in [2.75, 3.05) is 44.4 Å². The van der Waals surface area contributed by atoms with E-state index in [1.165, 1.54) is 11.8 Å². The number of benzene rings is 3. The second kappa shape index (κ2) is 10.3. The van der Waals surface area contributed by atoms with Crippen LogP contribution in [0.2, 0.25) is 0 Å². The van der Waals surface area contributed by atoms with Crippen LogP contribution in [0.1, 0.15) is 18.4 Å². The topological polar surface area (TPSA) is 70.5 Å². The van der Waals surface area contributed by atoms with Gasteiger partial charge in [-0.05, 0) is 53.6 Å². The number of nitrogens with one attached hydrogen (secondary N) is 1. The number of hydrogen-bond donors (Lipinski definition) is 1. The first-order chi connectivity index (χ1) is 18.2. The number of aromatic amines is 1. The number of halogens is 1. The van der Waals surface area contributed by atoms with Gasteiger partial charge in [0.15, 0.2) is 0 Å². The Bertz CT molecular complexity index is 1450. The number of morpholine rings is 1. The lowest BCUT2D eigenvalue weighted by Gasteiger charge is -2.28. The Balaban J connectivity index is 1.32. The molecule has 0 unspecified atom stereocenters. The number of H-pyrrole nitrogens is 1. The van der Waals surface area contributed by atoms with Gasteiger partial charge in [-0.2, -0.15) is 5.26 Å². The molecule has 37 heavy (non-hydrogen) atoms. The number of nitriles is 1. The van der Waals surface area contributed by atoms with Gasteiger partial charge in [0.2, 0.25) is 0 Å². The van der Waals surface area contributed by atoms with Gasteiger partial charge in [0.1, 0.15) is 23.7 Å². The van der Waals surface area contributed by atoms with Crippen LogP contribution in [0.3, 0.4) is 0 Å². The van der Waals surface area contributed by atoms with Gasteiger partial charge in [-0.25, -0.2) is 4.39 Å². The normalized spacial score (nSPS) is 16.6. The van der Waals surface area contributed by atoms with Crippen LogP contribution in [0.4, 0.5) is 10.1 Å². The first kappa shape index (κ1) is 23.5. The monoisotopic (exact) mass is 497 g/mol. The quantitative estimate of drug-likeness (QED) is 0.371. The largest absolute Gasteiger partial charge is 0.489 e. The van der Waals surface area contributed by atoms with Crippen LogP contribution in [-0.4, -0.2) is 50.6 Å². The molecule has 3 heterocycles. The molecule has 0 atom stereocenters. The number of rotatable bonds is 5. The summed E-state index contributed by atoms with van der Waals surface area (Å²) < 4.78 is 32.2. The maximum atomic E-state index is 15.2. The molecule has 4 aromatic rings. The molecule has 3 aromatic carbocycles. The number of anilines is 1. The van der Waals surface area contributed by atoms with E-state index in [-0.39, 0.29) is 11.9 Å². The summed E-state index contributed by atoms with van der Waals surface area (Å²) >= 11 is 0. The molecular weight excluding hydrogens is 469 g/mol. The number of aromatic nitrogens is 1. The highest BCUT2D eigenvalue weighted by atomic mass is 19.1. The molecule has 0 aliphatic carbocycles. The summed E-state index contributed by atoms with van der Waals surface area (Å²) in [6, 6.07) is 21.2. The summed E-state index contributed by atoms with van der Waals surface area (Å²) in [4.78, 5) is 5.75. The fourth-order valence-electron chi connectivity index (χ4n) is 5.15. The molecule has 7 heteroatoms. The van der Waals surface area contributed by atoms with Gasteiger partial charge in [-0.15, -0.1) is 0 Å². The lowest BCUT2D eigenvalue weighted by molar-refractivity contribution is 0.0254. The van der Waals surface area contributed by atoms with Crippen molar-refractivity contribution in [1.29, 1.82) is 5.26 Å². The fourth-order valence-corrected chi connectivity index (χ4v) is 5.15. The smallest absolute Gasteiger partial charge is 0.137 e. The average molecular weight is 498 g/mol. The van der Waals surface area contributed by atoms with Gasteiger partial charge in [-0.1, -0.05) is 18.2 Å². The Morgan fingerprint density at radius 3 is 2.38 bits per heavy atom. The molecule has 2 fully saturated rings. The summed E-state index contributed by atoms with van der Waals surface area (Å²) in [5.74, 6) is 0.198. The average Bonchev–Trinajstić information content (AvgIpc) is 3.39. The van der Waals surface area contributed by atoms with E-state index in [1.54, 1.807) is 18.2 Å². The van der Waals surface area contributed by atoms with E-state index in [2.05, 4.69) is 40.2 Å². The van der Waals surface area contributed by atoms with Crippen molar-refractivity contribution < 1.29 is 18.6 Å². The number of ether oxygens (including phenoxy) is 3. The molecule has 0 radical (unpaired) electrons. The first-order valence-electron chi connectivity index (χ1n) is 12.7. The van der Waals surface area contributed by atoms with Crippen LogP contribution in [0.15, 0.2) is 60.7 Å². The van der Waals surface area contributed by atoms with Gasteiger partial charge < -0.3 is 24.1 Å². The molecule has 1 N–H and O–H groups in total. The second-order valence-electron chi connectivity index (χ2n) is 9.47. The molecule has 6 rings (SSSR count). The Kier molecular flexibility index (Phi) is 6.52. The summed E-state index contributed by atoms with van der Waals surface area (Å²) in [6.07, 6.45) is 1.61. The minimum absolute atomic E-state index is 0.0220. The van der Waals surface area contributed by atoms with Crippen molar-refractivity contribution in [3.8, 4) is 34.2 Å². The van der Waals surface area contributed by atoms with Crippen molar-refractivity contribution in [2.45, 2.75) is 18.9 Å². The number of hydrogen-bond acceptors (Lipinski definition) is 5. The van der Waals surface area contributed by atoms with E-state index < -0.39 is 0 Å². The first-order valence-corrected chi connectivity index (χ1v) is 12.7. The van der Waals surface area contributed by atoms with Crippen molar-refractivity contribution >= 4 is 16.6 Å². The highest BCUT2D eigenvalue weighted by Crippen LogP contribution is 2.37. The van der Waals surface area contributed by atoms with Crippen LogP contribution >= 0.6 is 0 Å². The Morgan fingerprint density at radius 1 is 0.892 bits per heavy atom. The summed E-state index contributed by atoms with van der Waals surface area (Å²) in [5.41, 5.74) is 5.46. The zero-order valence-electron chi connectivity index (χ0n) is 20.5. The predicted molar refractivity (Wildman–Crippen MR) is 141 cm³/mol. The lowest BCUT2D eigenvalue weighted by atomic mass is 9.98. The van der Waals surface area contributed by atoms with Gasteiger partial charge in [-0.3, -0.25) is 0 Å². The molecule has 2 aliphatic heterocycles. The molecule has 1 aromatic heterocycles. The molecule has 0 bridgehead atoms. The zero-order valence-corrected chi connectivity index (χ0v) is 20.5. The Morgan fingerprint density at radius 2 is 1.62 bits per heavy atom. The summed E-state index contributed by atoms with van der Waals surface area (Å²) in [6.45, 7) is 4.58. The van der Waals surface area contributed by atoms with E-state index in [4.69, 9.17) is 14.2 Å². The van der Waals surface area contributed by atoms with Crippen LogP contribution in [0.5, 0.6) is 5.75 Å². The third kappa shape index (κ3) is 4.78. The van der Waals surface area contributed by atoms with Crippen LogP contribution in [0, 0.1) is 17.1 Å². The fraction of sp³-hybridized carbons (Fsp3) is 0.300. The molecule has 0 saturated carbocycles. The third-order valence-electron chi connectivity index (χ3n) is 7.16. The highest BCUT2D eigenvalue weighted by molar-refractivity contribution is 5.98. The summed E-state index contributed by atoms with van der Waals surface area (Å²) in [7, 11) is 0. The van der Waals surface area contributed by atoms with Gasteiger partial charge in [0, 0.05) is 53.8 Å². The van der Waals surface area contributed by atoms with E-state index in [0.29, 0.717) is 35.7 Å². The van der Waals surface area contributed by atoms with E-state index in [0.717, 1.165) is 61.3 Å². The standard InChI is InChI=1S/C30H28FN3O3/c31-26-6-7-27-25(18-28(33-27)20-1-4-23(5-2-20)34-11-15-36-16-12-34)30(26)21-3-8-29(22(17-21)19-32)37-24-9-13-35-14-10-24/h1-8,17-18,24,33H,9-16H2. The highest BCUT2D eigenvalue weighted by Gasteiger charge is 2.19. The molecule has 6 nitrogen and oxygen atoms in total. The Hall–Kier alpha value is -3.86. The van der Waals surface area contributed by atoms with Gasteiger partial charge >= 0.3 is 0 Å². The van der Waals surface area contributed by atoms with Gasteiger partial charge in [0.25, 0.3) is 0 Å². The van der Waals surface area contributed by atoms with Crippen molar-refractivity contribution in [1.82, 2.24) is 4.98 Å². The third-order valence-corrected chi connectivity index (χ3v) is 7.16. The van der Waals surface area contributed by atoms with E-state index in [9.17, 15) is 5.26 Å². The van der Waals surface area contributed by atoms with Crippen molar-refractivity contribution in [3.05, 3.63) is 72.0 Å². The van der Waals surface area contributed by atoms with Crippen LogP contribution < -0.4 is 9.64 Å². The van der Waals surface area contributed by atoms with Crippen LogP contribution in [0.25, 0.3) is 33.3 Å². The molecule has 2 saturated heterocycles. The predicted octanol–water partition coefficient (Wildman–Crippen LogP) is 5.91. The maximum Gasteiger partial charge on any atom is 0.137 e. The molecule has 0 spiro atoms. The molecular formula is C30H28FN3O3. The number of nitrogens with zero attached hydrogens (tertiary/aromatic N) is 2. The lowest BCUT2D eigenvalue weighted by Crippen LogP contribution is -2.36. The van der Waals surface area contributed by atoms with E-state index >= 15 is 4.39 Å². The van der Waals surface area contributed by atoms with E-state index in [1.807, 2.05) is 12.1 Å². The second-order valence-corrected chi connectivity index (χ2v) is 9.47. The van der Waals surface area contributed by atoms with Crippen LogP contribution in [-0.2, 0) is 9.47 Å². The molecule has 2 aliphatic rings. The van der Waals surface area contributed by atoms with Crippen molar-refractivity contribution in [3.63, 3.8) is 0 Å². The zero-order chi connectivity index (χ0) is 25.2. The number of fused-ring (bicyclic) bond motifs is 1. The maximum absolute atomic E-state index is 15.2. The molecule has 0 amide bonds. The van der Waals surface area contributed by atoms with Gasteiger partial charge in [0.05, 0.1) is 32.0 Å². The Labute approximate surface area is 215 Å².